The molecule has 1 amide bonds. The van der Waals surface area contributed by atoms with E-state index in [0.29, 0.717) is 40.0 Å². The van der Waals surface area contributed by atoms with Crippen molar-refractivity contribution in [1.82, 2.24) is 9.29 Å². The number of fused-ring (bicyclic) bond motifs is 1. The summed E-state index contributed by atoms with van der Waals surface area (Å²) >= 11 is 1.27. The quantitative estimate of drug-likeness (QED) is 0.338. The number of hydrogen-bond donors (Lipinski definition) is 1. The maximum absolute atomic E-state index is 12.7. The third-order valence-electron chi connectivity index (χ3n) is 5.36. The molecule has 8 nitrogen and oxygen atoms in total. The van der Waals surface area contributed by atoms with Gasteiger partial charge in [-0.25, -0.2) is 17.7 Å². The Bertz CT molecular complexity index is 1410. The Morgan fingerprint density at radius 2 is 1.94 bits per heavy atom. The van der Waals surface area contributed by atoms with E-state index in [1.54, 1.807) is 25.6 Å². The van der Waals surface area contributed by atoms with Crippen molar-refractivity contribution in [3.63, 3.8) is 0 Å². The Hall–Kier alpha value is -3.21. The number of anilines is 1. The molecule has 178 valence electrons. The summed E-state index contributed by atoms with van der Waals surface area (Å²) in [5, 5.41) is 5.89. The second-order valence-electron chi connectivity index (χ2n) is 7.71. The second kappa shape index (κ2) is 9.96. The van der Waals surface area contributed by atoms with Crippen molar-refractivity contribution in [3.8, 4) is 17.2 Å². The zero-order chi connectivity index (χ0) is 24.3. The lowest BCUT2D eigenvalue weighted by Gasteiger charge is -2.16. The first-order valence-corrected chi connectivity index (χ1v) is 13.0. The normalized spacial score (nSPS) is 11.8. The Kier molecular flexibility index (Phi) is 7.01. The van der Waals surface area contributed by atoms with Crippen LogP contribution in [0.4, 0.5) is 5.13 Å². The van der Waals surface area contributed by atoms with Gasteiger partial charge in [-0.2, -0.15) is 0 Å². The first-order chi connectivity index (χ1) is 16.3. The van der Waals surface area contributed by atoms with E-state index in [4.69, 9.17) is 9.15 Å². The van der Waals surface area contributed by atoms with Gasteiger partial charge in [-0.3, -0.25) is 10.1 Å². The van der Waals surface area contributed by atoms with Crippen molar-refractivity contribution in [2.45, 2.75) is 24.7 Å². The van der Waals surface area contributed by atoms with Crippen LogP contribution >= 0.6 is 11.3 Å². The van der Waals surface area contributed by atoms with E-state index in [2.05, 4.69) is 10.3 Å². The minimum Gasteiger partial charge on any atom is -0.497 e. The summed E-state index contributed by atoms with van der Waals surface area (Å²) in [7, 11) is -0.427. The van der Waals surface area contributed by atoms with E-state index >= 15 is 0 Å². The number of nitrogens with one attached hydrogen (secondary N) is 1. The van der Waals surface area contributed by atoms with Crippen LogP contribution in [0.25, 0.3) is 22.4 Å². The molecule has 0 bridgehead atoms. The van der Waals surface area contributed by atoms with Crippen LogP contribution < -0.4 is 10.1 Å². The molecule has 10 heteroatoms. The monoisotopic (exact) mass is 499 g/mol. The Balaban J connectivity index is 1.46. The van der Waals surface area contributed by atoms with Gasteiger partial charge >= 0.3 is 0 Å². The summed E-state index contributed by atoms with van der Waals surface area (Å²) in [6.45, 7) is 2.46. The van der Waals surface area contributed by atoms with Gasteiger partial charge in [-0.15, -0.1) is 11.3 Å². The van der Waals surface area contributed by atoms with Crippen LogP contribution in [0, 0.1) is 0 Å². The molecule has 0 saturated heterocycles. The lowest BCUT2D eigenvalue weighted by Crippen LogP contribution is -2.28. The predicted molar refractivity (Wildman–Crippen MR) is 133 cm³/mol. The van der Waals surface area contributed by atoms with Gasteiger partial charge in [0.1, 0.15) is 17.0 Å². The number of hydrogen-bond acceptors (Lipinski definition) is 7. The topological polar surface area (TPSA) is 102 Å². The fourth-order valence-electron chi connectivity index (χ4n) is 3.34. The van der Waals surface area contributed by atoms with E-state index in [-0.39, 0.29) is 10.8 Å². The first kappa shape index (κ1) is 23.9. The molecule has 0 fully saturated rings. The highest BCUT2D eigenvalue weighted by Crippen LogP contribution is 2.32. The minimum atomic E-state index is -3.58. The number of sulfonamides is 1. The molecule has 0 spiro atoms. The predicted octanol–water partition coefficient (Wildman–Crippen LogP) is 5.24. The highest BCUT2D eigenvalue weighted by atomic mass is 32.2. The zero-order valence-corrected chi connectivity index (χ0v) is 20.7. The molecule has 4 aromatic rings. The Labute approximate surface area is 202 Å². The number of thiazole rings is 1. The number of carbonyl (C=O) groups excluding carboxylic acids is 1. The maximum atomic E-state index is 12.7. The Morgan fingerprint density at radius 3 is 2.65 bits per heavy atom. The average molecular weight is 500 g/mol. The van der Waals surface area contributed by atoms with E-state index in [9.17, 15) is 13.2 Å². The summed E-state index contributed by atoms with van der Waals surface area (Å²) in [5.41, 5.74) is 1.62. The molecule has 0 aliphatic carbocycles. The molecular formula is C24H25N3O5S2. The number of nitrogens with zero attached hydrogens (tertiary/aromatic N) is 2. The second-order valence-corrected chi connectivity index (χ2v) is 10.6. The summed E-state index contributed by atoms with van der Waals surface area (Å²) in [6.07, 6.45) is 1.69. The van der Waals surface area contributed by atoms with Crippen molar-refractivity contribution in [3.05, 3.63) is 59.5 Å². The van der Waals surface area contributed by atoms with E-state index in [0.717, 1.165) is 18.2 Å². The van der Waals surface area contributed by atoms with Gasteiger partial charge in [-0.05, 0) is 48.9 Å². The molecule has 0 radical (unpaired) electrons. The first-order valence-electron chi connectivity index (χ1n) is 10.7. The number of rotatable bonds is 9. The van der Waals surface area contributed by atoms with Crippen LogP contribution in [-0.4, -0.2) is 44.3 Å². The summed E-state index contributed by atoms with van der Waals surface area (Å²) in [4.78, 5) is 17.3. The fraction of sp³-hybridized carbons (Fsp3) is 0.250. The molecule has 0 saturated carbocycles. The molecule has 4 rings (SSSR count). The van der Waals surface area contributed by atoms with Gasteiger partial charge in [0.2, 0.25) is 10.0 Å². The number of amides is 1. The number of unbranched alkanes of at least 4 members (excludes halogenated alkanes) is 1. The van der Waals surface area contributed by atoms with Crippen molar-refractivity contribution in [2.75, 3.05) is 26.0 Å². The summed E-state index contributed by atoms with van der Waals surface area (Å²) in [6, 6.07) is 13.3. The number of benzene rings is 2. The molecule has 2 aromatic heterocycles. The highest BCUT2D eigenvalue weighted by Gasteiger charge is 2.21. The van der Waals surface area contributed by atoms with Gasteiger partial charge in [0.15, 0.2) is 10.9 Å². The van der Waals surface area contributed by atoms with E-state index in [1.165, 1.54) is 39.9 Å². The molecule has 2 heterocycles. The van der Waals surface area contributed by atoms with Crippen molar-refractivity contribution in [2.24, 2.45) is 0 Å². The molecular weight excluding hydrogens is 474 g/mol. The summed E-state index contributed by atoms with van der Waals surface area (Å²) < 4.78 is 37.7. The van der Waals surface area contributed by atoms with E-state index < -0.39 is 10.0 Å². The third-order valence-corrected chi connectivity index (χ3v) is 7.98. The number of furan rings is 1. The molecule has 0 aliphatic rings. The molecule has 0 unspecified atom stereocenters. The van der Waals surface area contributed by atoms with Crippen molar-refractivity contribution in [1.29, 1.82) is 0 Å². The molecule has 0 aliphatic heterocycles. The summed E-state index contributed by atoms with van der Waals surface area (Å²) in [5.74, 6) is 0.909. The molecule has 2 aromatic carbocycles. The van der Waals surface area contributed by atoms with Crippen LogP contribution in [0.2, 0.25) is 0 Å². The van der Waals surface area contributed by atoms with Crippen LogP contribution in [0.5, 0.6) is 5.75 Å². The highest BCUT2D eigenvalue weighted by molar-refractivity contribution is 7.89. The van der Waals surface area contributed by atoms with Crippen LogP contribution in [0.3, 0.4) is 0 Å². The number of aromatic nitrogens is 1. The van der Waals surface area contributed by atoms with Crippen molar-refractivity contribution >= 4 is 43.4 Å². The van der Waals surface area contributed by atoms with Crippen molar-refractivity contribution < 1.29 is 22.4 Å². The fourth-order valence-corrected chi connectivity index (χ4v) is 5.24. The lowest BCUT2D eigenvalue weighted by molar-refractivity contribution is 0.102. The maximum Gasteiger partial charge on any atom is 0.257 e. The largest absolute Gasteiger partial charge is 0.497 e. The van der Waals surface area contributed by atoms with Gasteiger partial charge in [0, 0.05) is 36.0 Å². The van der Waals surface area contributed by atoms with Crippen LogP contribution in [-0.2, 0) is 10.0 Å². The zero-order valence-electron chi connectivity index (χ0n) is 19.1. The van der Waals surface area contributed by atoms with Gasteiger partial charge in [0.25, 0.3) is 5.91 Å². The number of carbonyl (C=O) groups is 1. The molecule has 1 N–H and O–H groups in total. The standard InChI is InChI=1S/C24H25N3O5S2/c1-4-5-12-27(2)34(29,30)19-10-7-16(8-11-19)23(28)26-24-25-20(15-33-24)22-13-17-6-9-18(31-3)14-21(17)32-22/h6-11,13-15H,4-5,12H2,1-3H3,(H,25,26,28). The van der Waals surface area contributed by atoms with Crippen LogP contribution in [0.1, 0.15) is 30.1 Å². The number of methoxy groups -OCH3 is 1. The van der Waals surface area contributed by atoms with E-state index in [1.807, 2.05) is 25.1 Å². The molecule has 0 atom stereocenters. The van der Waals surface area contributed by atoms with Gasteiger partial charge in [-0.1, -0.05) is 13.3 Å². The lowest BCUT2D eigenvalue weighted by atomic mass is 10.2. The Morgan fingerprint density at radius 1 is 1.18 bits per heavy atom. The SMILES string of the molecule is CCCCN(C)S(=O)(=O)c1ccc(C(=O)Nc2nc(-c3cc4ccc(OC)cc4o3)cs2)cc1. The van der Waals surface area contributed by atoms with Gasteiger partial charge < -0.3 is 9.15 Å². The van der Waals surface area contributed by atoms with Crippen LogP contribution in [0.15, 0.2) is 63.2 Å². The minimum absolute atomic E-state index is 0.153. The third kappa shape index (κ3) is 4.98. The average Bonchev–Trinajstić information content (AvgIpc) is 3.48. The van der Waals surface area contributed by atoms with Gasteiger partial charge in [0.05, 0.1) is 12.0 Å². The molecule has 34 heavy (non-hydrogen) atoms. The number of ether oxygens (including phenoxy) is 1. The smallest absolute Gasteiger partial charge is 0.257 e.